The van der Waals surface area contributed by atoms with Crippen LogP contribution in [-0.2, 0) is 23.4 Å². The fraction of sp³-hybridized carbons (Fsp3) is 0.455. The topological polar surface area (TPSA) is 173 Å². The van der Waals surface area contributed by atoms with Gasteiger partial charge in [0.05, 0.1) is 25.1 Å². The zero-order valence-corrected chi connectivity index (χ0v) is 20.9. The number of ether oxygens (including phenoxy) is 2. The van der Waals surface area contributed by atoms with Crippen LogP contribution in [0, 0.1) is 0 Å². The van der Waals surface area contributed by atoms with Crippen LogP contribution in [0.2, 0.25) is 0 Å². The van der Waals surface area contributed by atoms with E-state index in [4.69, 9.17) is 24.3 Å². The molecule has 194 valence electrons. The maximum Gasteiger partial charge on any atom is 0.459 e. The molecule has 0 saturated carbocycles. The van der Waals surface area contributed by atoms with E-state index in [-0.39, 0.29) is 30.7 Å². The highest BCUT2D eigenvalue weighted by Gasteiger charge is 2.39. The molecule has 0 amide bonds. The van der Waals surface area contributed by atoms with E-state index in [1.165, 1.54) is 19.6 Å². The van der Waals surface area contributed by atoms with Crippen molar-refractivity contribution in [3.05, 3.63) is 43.0 Å². The number of fused-ring (bicyclic) bond motifs is 1. The van der Waals surface area contributed by atoms with Crippen molar-refractivity contribution in [3.8, 4) is 5.75 Å². The maximum atomic E-state index is 13.6. The number of nitrogens with one attached hydrogen (secondary N) is 1. The third-order valence-corrected chi connectivity index (χ3v) is 6.93. The monoisotopic (exact) mass is 520 g/mol. The number of hydrogen-bond acceptors (Lipinski definition) is 11. The first-order chi connectivity index (χ1) is 17.1. The quantitative estimate of drug-likeness (QED) is 0.263. The largest absolute Gasteiger partial charge is 0.462 e. The molecule has 1 aliphatic heterocycles. The second-order valence-electron chi connectivity index (χ2n) is 8.57. The van der Waals surface area contributed by atoms with E-state index in [0.29, 0.717) is 11.2 Å². The second kappa shape index (κ2) is 10.9. The number of benzene rings is 1. The molecule has 14 heteroatoms. The molecule has 1 unspecified atom stereocenters. The first-order valence-electron chi connectivity index (χ1n) is 11.4. The number of para-hydroxylation sites is 1. The second-order valence-corrected chi connectivity index (χ2v) is 10.3. The van der Waals surface area contributed by atoms with E-state index in [1.807, 2.05) is 0 Å². The van der Waals surface area contributed by atoms with Gasteiger partial charge in [-0.1, -0.05) is 18.2 Å². The number of aliphatic hydroxyl groups is 1. The lowest BCUT2D eigenvalue weighted by Gasteiger charge is -2.24. The zero-order chi connectivity index (χ0) is 25.9. The Morgan fingerprint density at radius 2 is 2.03 bits per heavy atom. The van der Waals surface area contributed by atoms with Crippen molar-refractivity contribution in [1.29, 1.82) is 0 Å². The SMILES string of the molecule is CC(C)OC(=O)[C@H](C)NP(=O)(OC[C@@H]1C[C@H](O)[C@H](n2cnc3c(N)ncnc32)O1)Oc1ccccc1. The summed E-state index contributed by atoms with van der Waals surface area (Å²) in [4.78, 5) is 24.6. The number of carbonyl (C=O) groups is 1. The lowest BCUT2D eigenvalue weighted by atomic mass is 10.2. The Morgan fingerprint density at radius 3 is 2.75 bits per heavy atom. The minimum Gasteiger partial charge on any atom is -0.462 e. The number of aromatic nitrogens is 4. The predicted molar refractivity (Wildman–Crippen MR) is 129 cm³/mol. The average Bonchev–Trinajstić information content (AvgIpc) is 3.41. The molecule has 1 aliphatic rings. The van der Waals surface area contributed by atoms with E-state index >= 15 is 0 Å². The molecule has 36 heavy (non-hydrogen) atoms. The minimum absolute atomic E-state index is 0.182. The molecular formula is C22H29N6O7P. The molecule has 3 aromatic rings. The lowest BCUT2D eigenvalue weighted by Crippen LogP contribution is -2.36. The van der Waals surface area contributed by atoms with Gasteiger partial charge in [-0.25, -0.2) is 19.5 Å². The molecule has 0 radical (unpaired) electrons. The van der Waals surface area contributed by atoms with Crippen LogP contribution in [0.15, 0.2) is 43.0 Å². The normalized spacial score (nSPS) is 22.4. The Kier molecular flexibility index (Phi) is 7.86. The van der Waals surface area contributed by atoms with Crippen LogP contribution in [0.4, 0.5) is 5.82 Å². The summed E-state index contributed by atoms with van der Waals surface area (Å²) >= 11 is 0. The van der Waals surface area contributed by atoms with Gasteiger partial charge >= 0.3 is 13.7 Å². The lowest BCUT2D eigenvalue weighted by molar-refractivity contribution is -0.149. The number of nitrogens with zero attached hydrogens (tertiary/aromatic N) is 4. The molecule has 0 spiro atoms. The smallest absolute Gasteiger partial charge is 0.459 e. The Hall–Kier alpha value is -3.09. The molecule has 1 saturated heterocycles. The Balaban J connectivity index is 1.46. The van der Waals surface area contributed by atoms with Gasteiger partial charge in [-0.2, -0.15) is 5.09 Å². The number of nitrogen functional groups attached to an aromatic ring is 1. The summed E-state index contributed by atoms with van der Waals surface area (Å²) in [6.45, 7) is 4.73. The molecular weight excluding hydrogens is 491 g/mol. The highest BCUT2D eigenvalue weighted by Crippen LogP contribution is 2.46. The van der Waals surface area contributed by atoms with Gasteiger partial charge in [-0.15, -0.1) is 0 Å². The standard InChI is InChI=1S/C22H29N6O7P/c1-13(2)33-22(30)14(3)27-36(31,35-15-7-5-4-6-8-15)32-10-16-9-17(29)21(34-16)28-12-26-18-19(23)24-11-25-20(18)28/h4-8,11-14,16-17,21,29H,9-10H2,1-3H3,(H,27,31)(H2,23,24,25)/t14-,16-,17-,21+,36?/m0/s1. The van der Waals surface area contributed by atoms with Crippen molar-refractivity contribution in [3.63, 3.8) is 0 Å². The number of imidazole rings is 1. The van der Waals surface area contributed by atoms with E-state index in [0.717, 1.165) is 0 Å². The third-order valence-electron chi connectivity index (χ3n) is 5.28. The number of esters is 1. The predicted octanol–water partition coefficient (Wildman–Crippen LogP) is 2.19. The van der Waals surface area contributed by atoms with E-state index < -0.39 is 38.2 Å². The van der Waals surface area contributed by atoms with E-state index in [9.17, 15) is 14.5 Å². The number of carbonyl (C=O) groups excluding carboxylic acids is 1. The number of aliphatic hydroxyl groups excluding tert-OH is 1. The first kappa shape index (κ1) is 26.0. The van der Waals surface area contributed by atoms with Gasteiger partial charge in [0.2, 0.25) is 0 Å². The Labute approximate surface area is 207 Å². The minimum atomic E-state index is -4.06. The Bertz CT molecular complexity index is 1240. The summed E-state index contributed by atoms with van der Waals surface area (Å²) in [5, 5.41) is 13.3. The van der Waals surface area contributed by atoms with Crippen LogP contribution in [0.25, 0.3) is 11.2 Å². The molecule has 1 aromatic carbocycles. The van der Waals surface area contributed by atoms with Crippen LogP contribution in [0.5, 0.6) is 5.75 Å². The number of rotatable bonds is 10. The summed E-state index contributed by atoms with van der Waals surface area (Å²) in [6, 6.07) is 7.44. The number of nitrogens with two attached hydrogens (primary N) is 1. The van der Waals surface area contributed by atoms with Crippen molar-refractivity contribution in [2.75, 3.05) is 12.3 Å². The molecule has 4 rings (SSSR count). The Morgan fingerprint density at radius 1 is 1.28 bits per heavy atom. The fourth-order valence-corrected chi connectivity index (χ4v) is 5.18. The molecule has 0 aliphatic carbocycles. The molecule has 5 atom stereocenters. The highest BCUT2D eigenvalue weighted by molar-refractivity contribution is 7.52. The molecule has 4 N–H and O–H groups in total. The first-order valence-corrected chi connectivity index (χ1v) is 12.9. The summed E-state index contributed by atoms with van der Waals surface area (Å²) in [6.07, 6.45) is 0.207. The summed E-state index contributed by atoms with van der Waals surface area (Å²) in [7, 11) is -4.06. The summed E-state index contributed by atoms with van der Waals surface area (Å²) < 4.78 is 37.6. The van der Waals surface area contributed by atoms with Crippen molar-refractivity contribution >= 4 is 30.7 Å². The van der Waals surface area contributed by atoms with Crippen molar-refractivity contribution < 1.29 is 33.0 Å². The van der Waals surface area contributed by atoms with Crippen molar-refractivity contribution in [2.45, 2.75) is 57.8 Å². The zero-order valence-electron chi connectivity index (χ0n) is 20.1. The van der Waals surface area contributed by atoms with Crippen LogP contribution < -0.4 is 15.3 Å². The van der Waals surface area contributed by atoms with Gasteiger partial charge in [0.25, 0.3) is 0 Å². The third kappa shape index (κ3) is 6.00. The van der Waals surface area contributed by atoms with Gasteiger partial charge in [-0.05, 0) is 32.9 Å². The number of hydrogen-bond donors (Lipinski definition) is 3. The van der Waals surface area contributed by atoms with Gasteiger partial charge in [0.1, 0.15) is 29.7 Å². The highest BCUT2D eigenvalue weighted by atomic mass is 31.2. The van der Waals surface area contributed by atoms with Gasteiger partial charge < -0.3 is 24.8 Å². The molecule has 13 nitrogen and oxygen atoms in total. The van der Waals surface area contributed by atoms with Crippen LogP contribution in [0.1, 0.15) is 33.4 Å². The van der Waals surface area contributed by atoms with Crippen molar-refractivity contribution in [2.24, 2.45) is 0 Å². The maximum absolute atomic E-state index is 13.6. The molecule has 0 bridgehead atoms. The van der Waals surface area contributed by atoms with Crippen LogP contribution in [0.3, 0.4) is 0 Å². The van der Waals surface area contributed by atoms with Crippen LogP contribution >= 0.6 is 7.75 Å². The summed E-state index contributed by atoms with van der Waals surface area (Å²) in [5.74, 6) is -0.113. The van der Waals surface area contributed by atoms with Gasteiger partial charge in [0.15, 0.2) is 17.7 Å². The molecule has 2 aromatic heterocycles. The van der Waals surface area contributed by atoms with Gasteiger partial charge in [-0.3, -0.25) is 13.9 Å². The fourth-order valence-electron chi connectivity index (χ4n) is 3.66. The average molecular weight is 520 g/mol. The van der Waals surface area contributed by atoms with Crippen molar-refractivity contribution in [1.82, 2.24) is 24.6 Å². The molecule has 3 heterocycles. The summed E-state index contributed by atoms with van der Waals surface area (Å²) in [5.41, 5.74) is 6.64. The van der Waals surface area contributed by atoms with Crippen LogP contribution in [-0.4, -0.2) is 61.6 Å². The number of anilines is 1. The van der Waals surface area contributed by atoms with E-state index in [1.54, 1.807) is 48.7 Å². The molecule has 1 fully saturated rings. The van der Waals surface area contributed by atoms with E-state index in [2.05, 4.69) is 20.0 Å². The van der Waals surface area contributed by atoms with Gasteiger partial charge in [0, 0.05) is 6.42 Å².